The molecule has 1 unspecified atom stereocenters. The van der Waals surface area contributed by atoms with E-state index in [4.69, 9.17) is 0 Å². The average Bonchev–Trinajstić information content (AvgIpc) is 2.93. The van der Waals surface area contributed by atoms with Crippen LogP contribution in [0.25, 0.3) is 0 Å². The average molecular weight is 539 g/mol. The van der Waals surface area contributed by atoms with Crippen molar-refractivity contribution in [2.45, 2.75) is 142 Å². The monoisotopic (exact) mass is 538 g/mol. The smallest absolute Gasteiger partial charge is 0.255 e. The van der Waals surface area contributed by atoms with Crippen LogP contribution in [0.1, 0.15) is 136 Å². The number of hydrogen-bond acceptors (Lipinski definition) is 8. The van der Waals surface area contributed by atoms with Crippen molar-refractivity contribution in [3.63, 3.8) is 0 Å². The molecule has 8 nitrogen and oxygen atoms in total. The highest BCUT2D eigenvalue weighted by molar-refractivity contribution is 5.96. The molecule has 0 saturated heterocycles. The summed E-state index contributed by atoms with van der Waals surface area (Å²) in [6.45, 7) is 3.94. The third-order valence-electron chi connectivity index (χ3n) is 8.31. The summed E-state index contributed by atoms with van der Waals surface area (Å²) >= 11 is 0. The van der Waals surface area contributed by atoms with Crippen LogP contribution >= 0.6 is 0 Å². The van der Waals surface area contributed by atoms with Crippen LogP contribution in [0.4, 0.5) is 0 Å². The summed E-state index contributed by atoms with van der Waals surface area (Å²) in [6, 6.07) is 0. The third-order valence-corrected chi connectivity index (χ3v) is 8.31. The van der Waals surface area contributed by atoms with Crippen molar-refractivity contribution in [2.75, 3.05) is 19.8 Å². The van der Waals surface area contributed by atoms with E-state index in [0.29, 0.717) is 19.3 Å². The highest BCUT2D eigenvalue weighted by Gasteiger charge is 2.60. The number of aliphatic hydroxyl groups excluding tert-OH is 3. The van der Waals surface area contributed by atoms with E-state index < -0.39 is 42.1 Å². The van der Waals surface area contributed by atoms with Crippen LogP contribution in [0.15, 0.2) is 9.98 Å². The van der Waals surface area contributed by atoms with Crippen molar-refractivity contribution in [2.24, 2.45) is 20.8 Å². The molecule has 38 heavy (non-hydrogen) atoms. The fourth-order valence-electron chi connectivity index (χ4n) is 5.87. The maximum absolute atomic E-state index is 14.1. The van der Waals surface area contributed by atoms with E-state index in [1.807, 2.05) is 0 Å². The maximum Gasteiger partial charge on any atom is 0.255 e. The fourth-order valence-corrected chi connectivity index (χ4v) is 5.87. The first kappa shape index (κ1) is 36.3. The predicted molar refractivity (Wildman–Crippen MR) is 150 cm³/mol. The Labute approximate surface area is 230 Å². The number of Topliss-reactive ketones (excluding diaryl/α,β-unsaturated/α-hetero) is 1. The summed E-state index contributed by atoms with van der Waals surface area (Å²) in [5.41, 5.74) is -5.04. The lowest BCUT2D eigenvalue weighted by atomic mass is 9.54. The van der Waals surface area contributed by atoms with Gasteiger partial charge >= 0.3 is 0 Å². The molecule has 0 aromatic heterocycles. The van der Waals surface area contributed by atoms with Gasteiger partial charge in [-0.25, -0.2) is 9.59 Å². The third kappa shape index (κ3) is 10.5. The molecule has 0 bridgehead atoms. The zero-order valence-electron chi connectivity index (χ0n) is 24.3. The second-order valence-electron chi connectivity index (χ2n) is 10.9. The lowest BCUT2D eigenvalue weighted by Gasteiger charge is -2.50. The molecule has 3 N–H and O–H groups in total. The second kappa shape index (κ2) is 21.2. The molecular formula is C30H54N2O6. The van der Waals surface area contributed by atoms with Gasteiger partial charge in [-0.2, -0.15) is 9.98 Å². The predicted octanol–water partition coefficient (Wildman–Crippen LogP) is 5.95. The van der Waals surface area contributed by atoms with Gasteiger partial charge in [0.2, 0.25) is 12.2 Å². The molecule has 0 aromatic carbocycles. The lowest BCUT2D eigenvalue weighted by molar-refractivity contribution is -0.158. The quantitative estimate of drug-likeness (QED) is 0.0706. The van der Waals surface area contributed by atoms with Crippen LogP contribution in [-0.4, -0.2) is 58.7 Å². The summed E-state index contributed by atoms with van der Waals surface area (Å²) in [5.74, 6) is -0.921. The highest BCUT2D eigenvalue weighted by atomic mass is 16.3. The van der Waals surface area contributed by atoms with E-state index in [2.05, 4.69) is 30.8 Å². The molecule has 0 fully saturated rings. The van der Waals surface area contributed by atoms with Crippen molar-refractivity contribution >= 4 is 17.9 Å². The molecule has 0 amide bonds. The Balaban J connectivity index is 6.46. The zero-order valence-corrected chi connectivity index (χ0v) is 24.3. The minimum atomic E-state index is -2.48. The molecule has 0 aliphatic carbocycles. The normalized spacial score (nSPS) is 14.7. The van der Waals surface area contributed by atoms with Crippen LogP contribution < -0.4 is 0 Å². The Morgan fingerprint density at radius 1 is 0.579 bits per heavy atom. The van der Waals surface area contributed by atoms with Crippen LogP contribution in [0.5, 0.6) is 0 Å². The van der Waals surface area contributed by atoms with E-state index in [1.165, 1.54) is 37.8 Å². The number of aliphatic imine (C=N–C) groups is 2. The van der Waals surface area contributed by atoms with E-state index in [0.717, 1.165) is 70.6 Å². The summed E-state index contributed by atoms with van der Waals surface area (Å²) in [5, 5.41) is 31.7. The van der Waals surface area contributed by atoms with Crippen molar-refractivity contribution in [1.29, 1.82) is 0 Å². The van der Waals surface area contributed by atoms with Gasteiger partial charge in [-0.1, -0.05) is 117 Å². The molecule has 8 heteroatoms. The minimum absolute atomic E-state index is 0.591. The second-order valence-corrected chi connectivity index (χ2v) is 10.9. The minimum Gasteiger partial charge on any atom is -0.395 e. The number of unbranched alkanes of at least 4 members (excludes halogenated alkanes) is 12. The number of rotatable bonds is 26. The van der Waals surface area contributed by atoms with Gasteiger partial charge in [-0.3, -0.25) is 4.79 Å². The standard InChI is InChI=1S/C30H54N2O6/c1-4-7-10-12-13-14-15-18-21-28(19-16-9-6-3,20-17-11-8-5-2)29(22-33,23-34)27(38)30(24-35,31-25-36)32-26-37/h33-35H,4-24H2,1-3H3. The van der Waals surface area contributed by atoms with Crippen molar-refractivity contribution in [3.05, 3.63) is 0 Å². The first-order valence-electron chi connectivity index (χ1n) is 14.9. The topological polar surface area (TPSA) is 137 Å². The van der Waals surface area contributed by atoms with Crippen LogP contribution in [0.2, 0.25) is 0 Å². The Morgan fingerprint density at radius 2 is 0.921 bits per heavy atom. The number of hydrogen-bond donors (Lipinski definition) is 3. The Kier molecular flexibility index (Phi) is 20.2. The van der Waals surface area contributed by atoms with Gasteiger partial charge in [0, 0.05) is 0 Å². The summed E-state index contributed by atoms with van der Waals surface area (Å²) in [4.78, 5) is 43.5. The van der Waals surface area contributed by atoms with Crippen LogP contribution in [0.3, 0.4) is 0 Å². The number of isocyanates is 2. The largest absolute Gasteiger partial charge is 0.395 e. The van der Waals surface area contributed by atoms with E-state index >= 15 is 0 Å². The number of ketones is 1. The molecule has 1 atom stereocenters. The Hall–Kier alpha value is -1.69. The molecule has 0 rings (SSSR count). The van der Waals surface area contributed by atoms with Gasteiger partial charge in [0.05, 0.1) is 25.2 Å². The molecule has 220 valence electrons. The van der Waals surface area contributed by atoms with Crippen molar-refractivity contribution in [1.82, 2.24) is 0 Å². The molecule has 0 aliphatic heterocycles. The summed E-state index contributed by atoms with van der Waals surface area (Å²) in [6.07, 6.45) is 19.7. The van der Waals surface area contributed by atoms with Crippen molar-refractivity contribution in [3.8, 4) is 0 Å². The zero-order chi connectivity index (χ0) is 28.8. The first-order valence-corrected chi connectivity index (χ1v) is 14.9. The SMILES string of the molecule is CCCCCCCCCCC(CCCCC)(CCCCCC)C(CO)(CO)C(=O)C(CO)(N=C=O)N=C=O. The number of carbonyl (C=O) groups excluding carboxylic acids is 3. The van der Waals surface area contributed by atoms with E-state index in [9.17, 15) is 29.7 Å². The number of carbonyl (C=O) groups is 1. The maximum atomic E-state index is 14.1. The highest BCUT2D eigenvalue weighted by Crippen LogP contribution is 2.53. The molecule has 0 spiro atoms. The number of aliphatic hydroxyl groups is 3. The van der Waals surface area contributed by atoms with Gasteiger partial charge in [0.1, 0.15) is 0 Å². The Bertz CT molecular complexity index is 708. The van der Waals surface area contributed by atoms with Gasteiger partial charge in [0.15, 0.2) is 5.78 Å². The number of nitrogens with zero attached hydrogens (tertiary/aromatic N) is 2. The molecule has 0 heterocycles. The Morgan fingerprint density at radius 3 is 1.29 bits per heavy atom. The first-order chi connectivity index (χ1) is 18.4. The fraction of sp³-hybridized carbons (Fsp3) is 0.900. The van der Waals surface area contributed by atoms with E-state index in [1.54, 1.807) is 0 Å². The molecule has 0 aliphatic rings. The van der Waals surface area contributed by atoms with Gasteiger partial charge in [-0.15, -0.1) is 0 Å². The van der Waals surface area contributed by atoms with Gasteiger partial charge in [-0.05, 0) is 24.7 Å². The van der Waals surface area contributed by atoms with E-state index in [-0.39, 0.29) is 0 Å². The molecule has 0 aromatic rings. The van der Waals surface area contributed by atoms with Crippen LogP contribution in [-0.2, 0) is 14.4 Å². The molecule has 0 radical (unpaired) electrons. The van der Waals surface area contributed by atoms with Gasteiger partial charge in [0.25, 0.3) is 5.66 Å². The van der Waals surface area contributed by atoms with Gasteiger partial charge < -0.3 is 15.3 Å². The molecular weight excluding hydrogens is 484 g/mol. The molecule has 0 saturated carbocycles. The summed E-state index contributed by atoms with van der Waals surface area (Å²) < 4.78 is 0. The summed E-state index contributed by atoms with van der Waals surface area (Å²) in [7, 11) is 0. The lowest BCUT2D eigenvalue weighted by Crippen LogP contribution is -2.60. The van der Waals surface area contributed by atoms with Crippen molar-refractivity contribution < 1.29 is 29.7 Å². The van der Waals surface area contributed by atoms with Crippen LogP contribution in [0, 0.1) is 10.8 Å².